The molecule has 62 valence electrons. The second-order valence-electron chi connectivity index (χ2n) is 2.49. The van der Waals surface area contributed by atoms with Crippen LogP contribution in [0, 0.1) is 5.92 Å². The van der Waals surface area contributed by atoms with E-state index >= 15 is 0 Å². The van der Waals surface area contributed by atoms with Gasteiger partial charge in [0, 0.05) is 0 Å². The van der Waals surface area contributed by atoms with Gasteiger partial charge in [0.05, 0.1) is 0 Å². The Morgan fingerprint density at radius 2 is 1.91 bits per heavy atom. The average molecular weight is 157 g/mol. The van der Waals surface area contributed by atoms with E-state index in [1.165, 1.54) is 6.08 Å². The van der Waals surface area contributed by atoms with Gasteiger partial charge >= 0.3 is 5.97 Å². The SMILES string of the molecule is CC(C)C=C(C(N)=O)C(=O)O. The van der Waals surface area contributed by atoms with Crippen LogP contribution >= 0.6 is 0 Å². The van der Waals surface area contributed by atoms with Crippen LogP contribution in [0.15, 0.2) is 11.6 Å². The van der Waals surface area contributed by atoms with Crippen molar-refractivity contribution in [2.45, 2.75) is 13.8 Å². The van der Waals surface area contributed by atoms with Crippen molar-refractivity contribution in [2.24, 2.45) is 11.7 Å². The number of carboxylic acids is 1. The normalized spacial score (nSPS) is 11.7. The van der Waals surface area contributed by atoms with Crippen LogP contribution in [0.5, 0.6) is 0 Å². The van der Waals surface area contributed by atoms with Crippen molar-refractivity contribution in [3.8, 4) is 0 Å². The van der Waals surface area contributed by atoms with Crippen LogP contribution in [-0.2, 0) is 9.59 Å². The minimum Gasteiger partial charge on any atom is -0.478 e. The molecule has 0 aliphatic rings. The van der Waals surface area contributed by atoms with Crippen molar-refractivity contribution >= 4 is 11.9 Å². The molecule has 1 amide bonds. The van der Waals surface area contributed by atoms with Crippen molar-refractivity contribution in [1.29, 1.82) is 0 Å². The Bertz CT molecular complexity index is 190. The molecule has 0 aromatic rings. The van der Waals surface area contributed by atoms with Gasteiger partial charge in [-0.3, -0.25) is 4.79 Å². The number of primary amides is 1. The topological polar surface area (TPSA) is 80.4 Å². The molecule has 0 rings (SSSR count). The van der Waals surface area contributed by atoms with Gasteiger partial charge in [0.25, 0.3) is 5.91 Å². The van der Waals surface area contributed by atoms with Crippen molar-refractivity contribution < 1.29 is 14.7 Å². The van der Waals surface area contributed by atoms with Gasteiger partial charge in [-0.15, -0.1) is 0 Å². The number of carbonyl (C=O) groups is 2. The molecule has 0 fully saturated rings. The summed E-state index contributed by atoms with van der Waals surface area (Å²) in [4.78, 5) is 20.8. The van der Waals surface area contributed by atoms with Gasteiger partial charge in [0.1, 0.15) is 5.57 Å². The Kier molecular flexibility index (Phi) is 3.30. The third-order valence-electron chi connectivity index (χ3n) is 0.996. The fourth-order valence-corrected chi connectivity index (χ4v) is 0.592. The lowest BCUT2D eigenvalue weighted by atomic mass is 10.1. The van der Waals surface area contributed by atoms with Gasteiger partial charge in [0.15, 0.2) is 0 Å². The molecule has 0 saturated carbocycles. The van der Waals surface area contributed by atoms with Crippen LogP contribution in [-0.4, -0.2) is 17.0 Å². The maximum Gasteiger partial charge on any atom is 0.340 e. The summed E-state index contributed by atoms with van der Waals surface area (Å²) >= 11 is 0. The number of rotatable bonds is 3. The van der Waals surface area contributed by atoms with Crippen molar-refractivity contribution in [3.05, 3.63) is 11.6 Å². The van der Waals surface area contributed by atoms with Crippen molar-refractivity contribution in [3.63, 3.8) is 0 Å². The van der Waals surface area contributed by atoms with Gasteiger partial charge in [0.2, 0.25) is 0 Å². The van der Waals surface area contributed by atoms with Crippen LogP contribution in [0.3, 0.4) is 0 Å². The molecule has 4 nitrogen and oxygen atoms in total. The number of amides is 1. The summed E-state index contributed by atoms with van der Waals surface area (Å²) in [6, 6.07) is 0. The first-order valence-electron chi connectivity index (χ1n) is 3.20. The number of carbonyl (C=O) groups excluding carboxylic acids is 1. The molecule has 0 aliphatic carbocycles. The number of carboxylic acid groups (broad SMARTS) is 1. The monoisotopic (exact) mass is 157 g/mol. The Balaban J connectivity index is 4.60. The summed E-state index contributed by atoms with van der Waals surface area (Å²) in [6.07, 6.45) is 1.32. The molecule has 0 bridgehead atoms. The van der Waals surface area contributed by atoms with E-state index in [1.807, 2.05) is 0 Å². The lowest BCUT2D eigenvalue weighted by Crippen LogP contribution is -2.20. The Labute approximate surface area is 64.7 Å². The molecular formula is C7H11NO3. The number of nitrogens with two attached hydrogens (primary N) is 1. The fraction of sp³-hybridized carbons (Fsp3) is 0.429. The van der Waals surface area contributed by atoms with Gasteiger partial charge in [-0.25, -0.2) is 4.79 Å². The number of aliphatic carboxylic acids is 1. The van der Waals surface area contributed by atoms with Crippen LogP contribution in [0.4, 0.5) is 0 Å². The largest absolute Gasteiger partial charge is 0.478 e. The molecule has 0 aromatic carbocycles. The summed E-state index contributed by atoms with van der Waals surface area (Å²) in [5, 5.41) is 8.42. The molecule has 11 heavy (non-hydrogen) atoms. The predicted octanol–water partition coefficient (Wildman–Crippen LogP) is 0.139. The van der Waals surface area contributed by atoms with E-state index in [4.69, 9.17) is 10.8 Å². The van der Waals surface area contributed by atoms with Crippen LogP contribution in [0.25, 0.3) is 0 Å². The summed E-state index contributed by atoms with van der Waals surface area (Å²) in [7, 11) is 0. The van der Waals surface area contributed by atoms with Gasteiger partial charge in [-0.2, -0.15) is 0 Å². The molecular weight excluding hydrogens is 146 g/mol. The second-order valence-corrected chi connectivity index (χ2v) is 2.49. The summed E-state index contributed by atoms with van der Waals surface area (Å²) in [5.74, 6) is -2.16. The molecule has 0 spiro atoms. The van der Waals surface area contributed by atoms with Crippen molar-refractivity contribution in [2.75, 3.05) is 0 Å². The molecule has 0 heterocycles. The first-order valence-corrected chi connectivity index (χ1v) is 3.20. The van der Waals surface area contributed by atoms with Gasteiger partial charge in [-0.1, -0.05) is 19.9 Å². The smallest absolute Gasteiger partial charge is 0.340 e. The molecule has 0 unspecified atom stereocenters. The third kappa shape index (κ3) is 3.40. The van der Waals surface area contributed by atoms with E-state index in [2.05, 4.69) is 0 Å². The lowest BCUT2D eigenvalue weighted by molar-refractivity contribution is -0.134. The maximum absolute atomic E-state index is 10.4. The molecule has 0 aromatic heterocycles. The van der Waals surface area contributed by atoms with Crippen LogP contribution in [0.1, 0.15) is 13.8 Å². The summed E-state index contributed by atoms with van der Waals surface area (Å²) in [5.41, 5.74) is 4.45. The zero-order valence-corrected chi connectivity index (χ0v) is 6.50. The predicted molar refractivity (Wildman–Crippen MR) is 39.8 cm³/mol. The highest BCUT2D eigenvalue weighted by Crippen LogP contribution is 2.01. The highest BCUT2D eigenvalue weighted by molar-refractivity contribution is 6.14. The second kappa shape index (κ2) is 3.75. The van der Waals surface area contributed by atoms with E-state index in [-0.39, 0.29) is 11.5 Å². The number of allylic oxidation sites excluding steroid dienone is 1. The van der Waals surface area contributed by atoms with E-state index in [9.17, 15) is 9.59 Å². The van der Waals surface area contributed by atoms with E-state index < -0.39 is 11.9 Å². The molecule has 0 atom stereocenters. The number of hydrogen-bond acceptors (Lipinski definition) is 2. The Morgan fingerprint density at radius 1 is 1.45 bits per heavy atom. The summed E-state index contributed by atoms with van der Waals surface area (Å²) in [6.45, 7) is 3.54. The van der Waals surface area contributed by atoms with Gasteiger partial charge in [-0.05, 0) is 5.92 Å². The fourth-order valence-electron chi connectivity index (χ4n) is 0.592. The summed E-state index contributed by atoms with van der Waals surface area (Å²) < 4.78 is 0. The zero-order chi connectivity index (χ0) is 9.02. The highest BCUT2D eigenvalue weighted by Gasteiger charge is 2.13. The molecule has 4 heteroatoms. The molecule has 0 radical (unpaired) electrons. The molecule has 0 saturated heterocycles. The van der Waals surface area contributed by atoms with E-state index in [0.717, 1.165) is 0 Å². The number of hydrogen-bond donors (Lipinski definition) is 2. The minimum atomic E-state index is -1.27. The minimum absolute atomic E-state index is 0.00796. The van der Waals surface area contributed by atoms with E-state index in [0.29, 0.717) is 0 Å². The molecule has 0 aliphatic heterocycles. The molecule has 3 N–H and O–H groups in total. The van der Waals surface area contributed by atoms with Crippen LogP contribution in [0.2, 0.25) is 0 Å². The van der Waals surface area contributed by atoms with Crippen molar-refractivity contribution in [1.82, 2.24) is 0 Å². The zero-order valence-electron chi connectivity index (χ0n) is 6.50. The lowest BCUT2D eigenvalue weighted by Gasteiger charge is -1.98. The Hall–Kier alpha value is -1.32. The van der Waals surface area contributed by atoms with Gasteiger partial charge < -0.3 is 10.8 Å². The quantitative estimate of drug-likeness (QED) is 0.347. The standard InChI is InChI=1S/C7H11NO3/c1-4(2)3-5(6(8)9)7(10)11/h3-4H,1-2H3,(H2,8,9)(H,10,11). The first-order chi connectivity index (χ1) is 4.95. The van der Waals surface area contributed by atoms with Crippen LogP contribution < -0.4 is 5.73 Å². The maximum atomic E-state index is 10.4. The highest BCUT2D eigenvalue weighted by atomic mass is 16.4. The Morgan fingerprint density at radius 3 is 2.00 bits per heavy atom. The average Bonchev–Trinajstić information content (AvgIpc) is 1.81. The third-order valence-corrected chi connectivity index (χ3v) is 0.996. The first kappa shape index (κ1) is 9.68. The van der Waals surface area contributed by atoms with E-state index in [1.54, 1.807) is 13.8 Å².